The molecule has 2 aliphatic heterocycles. The molecule has 5 unspecified atom stereocenters. The first-order valence-corrected chi connectivity index (χ1v) is 21.6. The molecule has 2 saturated heterocycles. The highest BCUT2D eigenvalue weighted by molar-refractivity contribution is 5.71. The van der Waals surface area contributed by atoms with E-state index in [2.05, 4.69) is 0 Å². The Labute approximate surface area is 366 Å². The van der Waals surface area contributed by atoms with Crippen molar-refractivity contribution >= 4 is 11.9 Å². The van der Waals surface area contributed by atoms with Gasteiger partial charge in [0.25, 0.3) is 0 Å². The summed E-state index contributed by atoms with van der Waals surface area (Å²) in [6.07, 6.45) is 12.9. The molecule has 62 heavy (non-hydrogen) atoms. The molecular formula is C46H73NO15. The van der Waals surface area contributed by atoms with Crippen molar-refractivity contribution in [3.8, 4) is 0 Å². The van der Waals surface area contributed by atoms with Gasteiger partial charge in [0, 0.05) is 44.6 Å². The number of rotatable bonds is 27. The summed E-state index contributed by atoms with van der Waals surface area (Å²) in [5, 5.41) is 94.5. The van der Waals surface area contributed by atoms with Gasteiger partial charge in [-0.05, 0) is 52.9 Å². The number of nitrogens with two attached hydrogens (primary N) is 1. The standard InChI is InChI=1S/C46H73NO15/c1-5-6-7-8-9-10-11-12-13-14-15-16-17-20-35(61-45-43(55)41(47)42(54)32(4)60-45)27-39-36(44(56)57)24-25-46(58,62-39)28-34(50)26-38(52)37(51)23-22-33(49)19-18-21-40(53)59-31(3)30(2)29-48/h5-17,20,30-39,41-43,45,48-52,54-55,58H,18-19,21-29,47H2,1-4H3,(H,56,57)/b6-5+,8-7+,10-9+,12-11+,14-13+,16-15+,20-17+/t30-,31+,32?,33+,34+,35+,36-,37-,38-,39+,41?,42?,43?,45?,46+/m1/s1. The van der Waals surface area contributed by atoms with Crippen molar-refractivity contribution in [2.24, 2.45) is 17.6 Å². The van der Waals surface area contributed by atoms with Crippen LogP contribution in [0.2, 0.25) is 0 Å². The average molecular weight is 880 g/mol. The maximum absolute atomic E-state index is 12.4. The first-order chi connectivity index (χ1) is 29.4. The normalized spacial score (nSPS) is 29.9. The molecule has 352 valence electrons. The van der Waals surface area contributed by atoms with Crippen molar-refractivity contribution < 1.29 is 74.5 Å². The van der Waals surface area contributed by atoms with E-state index in [0.717, 1.165) is 0 Å². The summed E-state index contributed by atoms with van der Waals surface area (Å²) in [6, 6.07) is -1.09. The zero-order chi connectivity index (χ0) is 46.2. The minimum absolute atomic E-state index is 0.0136. The lowest BCUT2D eigenvalue weighted by Gasteiger charge is -2.43. The molecular weight excluding hydrogens is 806 g/mol. The molecule has 0 saturated carbocycles. The molecule has 0 radical (unpaired) electrons. The molecule has 11 N–H and O–H groups in total. The predicted molar refractivity (Wildman–Crippen MR) is 232 cm³/mol. The van der Waals surface area contributed by atoms with E-state index >= 15 is 0 Å². The van der Waals surface area contributed by atoms with Gasteiger partial charge in [-0.15, -0.1) is 0 Å². The molecule has 0 aromatic carbocycles. The van der Waals surface area contributed by atoms with E-state index in [4.69, 9.17) is 24.7 Å². The van der Waals surface area contributed by atoms with Crippen LogP contribution >= 0.6 is 0 Å². The lowest BCUT2D eigenvalue weighted by Crippen LogP contribution is -2.61. The number of allylic oxidation sites excluding steroid dienone is 13. The third-order valence-electron chi connectivity index (χ3n) is 11.0. The number of aliphatic hydroxyl groups is 8. The largest absolute Gasteiger partial charge is 0.481 e. The van der Waals surface area contributed by atoms with Crippen LogP contribution < -0.4 is 5.73 Å². The van der Waals surface area contributed by atoms with Gasteiger partial charge in [0.05, 0.1) is 60.8 Å². The van der Waals surface area contributed by atoms with Crippen LogP contribution in [0.25, 0.3) is 0 Å². The highest BCUT2D eigenvalue weighted by Crippen LogP contribution is 2.38. The van der Waals surface area contributed by atoms with Crippen LogP contribution in [0.3, 0.4) is 0 Å². The van der Waals surface area contributed by atoms with Gasteiger partial charge in [-0.25, -0.2) is 0 Å². The first kappa shape index (κ1) is 54.8. The average Bonchev–Trinajstić information content (AvgIpc) is 3.21. The quantitative estimate of drug-likeness (QED) is 0.0420. The molecule has 0 bridgehead atoms. The van der Waals surface area contributed by atoms with E-state index < -0.39 is 103 Å². The molecule has 0 spiro atoms. The fraction of sp³-hybridized carbons (Fsp3) is 0.652. The molecule has 2 heterocycles. The number of carbonyl (C=O) groups is 2. The third-order valence-corrected chi connectivity index (χ3v) is 11.0. The van der Waals surface area contributed by atoms with Gasteiger partial charge in [0.2, 0.25) is 0 Å². The number of ether oxygens (including phenoxy) is 4. The summed E-state index contributed by atoms with van der Waals surface area (Å²) >= 11 is 0. The topological polar surface area (TPSA) is 279 Å². The fourth-order valence-corrected chi connectivity index (χ4v) is 6.94. The number of aliphatic hydroxyl groups excluding tert-OH is 7. The summed E-state index contributed by atoms with van der Waals surface area (Å²) in [5.74, 6) is -4.94. The highest BCUT2D eigenvalue weighted by Gasteiger charge is 2.47. The number of hydrogen-bond donors (Lipinski definition) is 10. The van der Waals surface area contributed by atoms with Gasteiger partial charge in [-0.2, -0.15) is 0 Å². The van der Waals surface area contributed by atoms with Gasteiger partial charge in [0.1, 0.15) is 12.2 Å². The van der Waals surface area contributed by atoms with Crippen molar-refractivity contribution in [1.82, 2.24) is 0 Å². The number of carboxylic acids is 1. The molecule has 2 rings (SSSR count). The van der Waals surface area contributed by atoms with Crippen LogP contribution in [-0.4, -0.2) is 144 Å². The highest BCUT2D eigenvalue weighted by atomic mass is 16.7. The maximum atomic E-state index is 12.4. The lowest BCUT2D eigenvalue weighted by molar-refractivity contribution is -0.295. The molecule has 0 aromatic rings. The first-order valence-electron chi connectivity index (χ1n) is 21.6. The number of carbonyl (C=O) groups excluding carboxylic acids is 1. The zero-order valence-corrected chi connectivity index (χ0v) is 36.5. The van der Waals surface area contributed by atoms with Crippen LogP contribution in [0.1, 0.15) is 91.9 Å². The van der Waals surface area contributed by atoms with Crippen molar-refractivity contribution in [2.45, 2.75) is 171 Å². The second-order valence-corrected chi connectivity index (χ2v) is 16.3. The third kappa shape index (κ3) is 20.4. The van der Waals surface area contributed by atoms with E-state index in [-0.39, 0.29) is 63.9 Å². The molecule has 15 atom stereocenters. The molecule has 16 nitrogen and oxygen atoms in total. The number of carboxylic acid groups (broad SMARTS) is 1. The Morgan fingerprint density at radius 2 is 1.45 bits per heavy atom. The van der Waals surface area contributed by atoms with E-state index in [1.807, 2.05) is 61.6 Å². The van der Waals surface area contributed by atoms with Crippen molar-refractivity contribution in [2.75, 3.05) is 6.61 Å². The smallest absolute Gasteiger partial charge is 0.309 e. The fourth-order valence-electron chi connectivity index (χ4n) is 6.94. The lowest BCUT2D eigenvalue weighted by atomic mass is 9.85. The summed E-state index contributed by atoms with van der Waals surface area (Å²) in [5.41, 5.74) is 6.03. The SMILES string of the molecule is C/C=C/C=C/C=C/C=C/C=C/C=C/C=C/[C@@H](C[C@@H]1O[C@](O)(C[C@@H](O)C[C@@H](O)[C@H](O)CC[C@@H](O)CCCC(=O)O[C@@H](C)[C@H](C)CO)CC[C@H]1C(=O)O)OC1OC(C)C(O)C(N)C1O. The Hall–Kier alpha value is -3.36. The van der Waals surface area contributed by atoms with Crippen LogP contribution in [0, 0.1) is 11.8 Å². The monoisotopic (exact) mass is 879 g/mol. The van der Waals surface area contributed by atoms with Gasteiger partial charge < -0.3 is 70.6 Å². The van der Waals surface area contributed by atoms with Gasteiger partial charge in [0.15, 0.2) is 12.1 Å². The minimum Gasteiger partial charge on any atom is -0.481 e. The predicted octanol–water partition coefficient (Wildman–Crippen LogP) is 2.77. The van der Waals surface area contributed by atoms with Gasteiger partial charge in [-0.1, -0.05) is 92.0 Å². The van der Waals surface area contributed by atoms with Crippen LogP contribution in [-0.2, 0) is 28.5 Å². The van der Waals surface area contributed by atoms with E-state index in [0.29, 0.717) is 6.42 Å². The molecule has 0 aliphatic carbocycles. The Bertz CT molecular complexity index is 1510. The Kier molecular flexibility index (Phi) is 25.8. The van der Waals surface area contributed by atoms with Crippen LogP contribution in [0.4, 0.5) is 0 Å². The summed E-state index contributed by atoms with van der Waals surface area (Å²) in [6.45, 7) is 6.83. The maximum Gasteiger partial charge on any atom is 0.309 e. The molecule has 2 aliphatic rings. The summed E-state index contributed by atoms with van der Waals surface area (Å²) in [7, 11) is 0. The Balaban J connectivity index is 2.05. The number of hydrogen-bond acceptors (Lipinski definition) is 15. The van der Waals surface area contributed by atoms with Crippen LogP contribution in [0.5, 0.6) is 0 Å². The summed E-state index contributed by atoms with van der Waals surface area (Å²) < 4.78 is 23.1. The van der Waals surface area contributed by atoms with Crippen molar-refractivity contribution in [3.05, 3.63) is 85.1 Å². The molecule has 16 heteroatoms. The second kappa shape index (κ2) is 29.2. The Morgan fingerprint density at radius 1 is 0.855 bits per heavy atom. The van der Waals surface area contributed by atoms with E-state index in [1.165, 1.54) is 0 Å². The zero-order valence-electron chi connectivity index (χ0n) is 36.5. The number of aliphatic carboxylic acids is 1. The Morgan fingerprint density at radius 3 is 2.03 bits per heavy atom. The van der Waals surface area contributed by atoms with Crippen molar-refractivity contribution in [3.63, 3.8) is 0 Å². The number of esters is 1. The van der Waals surface area contributed by atoms with Gasteiger partial charge >= 0.3 is 11.9 Å². The van der Waals surface area contributed by atoms with Crippen LogP contribution in [0.15, 0.2) is 85.1 Å². The van der Waals surface area contributed by atoms with Gasteiger partial charge in [-0.3, -0.25) is 9.59 Å². The van der Waals surface area contributed by atoms with E-state index in [1.54, 1.807) is 51.2 Å². The molecule has 2 fully saturated rings. The van der Waals surface area contributed by atoms with Crippen molar-refractivity contribution in [1.29, 1.82) is 0 Å². The second-order valence-electron chi connectivity index (χ2n) is 16.3. The summed E-state index contributed by atoms with van der Waals surface area (Å²) in [4.78, 5) is 24.4. The molecule has 0 amide bonds. The van der Waals surface area contributed by atoms with E-state index in [9.17, 15) is 55.5 Å². The minimum atomic E-state index is -2.02. The molecule has 0 aromatic heterocycles.